The molecule has 4 rings (SSSR count). The Bertz CT molecular complexity index is 1690. The number of benzene rings is 4. The molecule has 11 heteroatoms. The van der Waals surface area contributed by atoms with Gasteiger partial charge in [0.15, 0.2) is 0 Å². The minimum absolute atomic E-state index is 0.0278. The van der Waals surface area contributed by atoms with Crippen LogP contribution in [-0.2, 0) is 29.1 Å². The standard InChI is InChI=1S/C20H27N3O2S.C19H22N2O2S/c1-21-22-20(24)12-6-15-5-7-16(14-23(2)3)19(13-15)25-17-8-10-18(26-4)11-9-17;1-21(2)13-15-6-4-14(5-11-19(20)22)12-18(15)23-16-7-9-17(24-3)10-8-16/h5,7-11,13,21H,6,12,14H2,1-4H3,(H,22,24);4-12H,13H2,1-3H3,(H2,20,22)/b;11-5+. The number of primary amides is 1. The highest BCUT2D eigenvalue weighted by Crippen LogP contribution is 2.31. The van der Waals surface area contributed by atoms with E-state index in [0.717, 1.165) is 58.3 Å². The summed E-state index contributed by atoms with van der Waals surface area (Å²) in [6, 6.07) is 28.1. The molecule has 4 aromatic rings. The lowest BCUT2D eigenvalue weighted by molar-refractivity contribution is -0.121. The molecule has 4 aromatic carbocycles. The number of amides is 2. The van der Waals surface area contributed by atoms with Crippen LogP contribution in [-0.4, -0.2) is 69.4 Å². The molecule has 0 atom stereocenters. The van der Waals surface area contributed by atoms with Gasteiger partial charge in [0, 0.05) is 53.6 Å². The molecule has 0 unspecified atom stereocenters. The van der Waals surface area contributed by atoms with Gasteiger partial charge in [-0.05, 0) is 125 Å². The van der Waals surface area contributed by atoms with Gasteiger partial charge in [-0.3, -0.25) is 15.0 Å². The Morgan fingerprint density at radius 2 is 1.24 bits per heavy atom. The highest BCUT2D eigenvalue weighted by atomic mass is 32.2. The normalized spacial score (nSPS) is 11.0. The summed E-state index contributed by atoms with van der Waals surface area (Å²) in [6.07, 6.45) is 8.22. The fraction of sp³-hybridized carbons (Fsp3) is 0.282. The SMILES string of the molecule is CNNC(=O)CCc1ccc(CN(C)C)c(Oc2ccc(SC)cc2)c1.CSc1ccc(Oc2cc(/C=C/C(N)=O)ccc2CN(C)C)cc1. The van der Waals surface area contributed by atoms with Crippen LogP contribution in [0.3, 0.4) is 0 Å². The van der Waals surface area contributed by atoms with Crippen molar-refractivity contribution >= 4 is 41.4 Å². The van der Waals surface area contributed by atoms with Crippen molar-refractivity contribution in [2.45, 2.75) is 35.7 Å². The van der Waals surface area contributed by atoms with Crippen LogP contribution >= 0.6 is 23.5 Å². The molecular formula is C39H49N5O4S2. The number of hydrogen-bond acceptors (Lipinski definition) is 9. The molecule has 0 aliphatic heterocycles. The van der Waals surface area contributed by atoms with Crippen LogP contribution in [0, 0.1) is 0 Å². The largest absolute Gasteiger partial charge is 0.457 e. The number of hydrogen-bond donors (Lipinski definition) is 3. The number of nitrogens with two attached hydrogens (primary N) is 1. The Labute approximate surface area is 305 Å². The van der Waals surface area contributed by atoms with Crippen LogP contribution in [0.4, 0.5) is 0 Å². The van der Waals surface area contributed by atoms with E-state index in [9.17, 15) is 9.59 Å². The molecule has 0 saturated carbocycles. The molecule has 0 aliphatic carbocycles. The molecular weight excluding hydrogens is 667 g/mol. The fourth-order valence-electron chi connectivity index (χ4n) is 4.74. The van der Waals surface area contributed by atoms with E-state index in [1.807, 2.05) is 95.1 Å². The summed E-state index contributed by atoms with van der Waals surface area (Å²) >= 11 is 3.40. The van der Waals surface area contributed by atoms with E-state index >= 15 is 0 Å². The van der Waals surface area contributed by atoms with E-state index < -0.39 is 5.91 Å². The molecule has 2 amide bonds. The number of aryl methyl sites for hydroxylation is 1. The maximum absolute atomic E-state index is 11.7. The molecule has 9 nitrogen and oxygen atoms in total. The second-order valence-electron chi connectivity index (χ2n) is 11.9. The van der Waals surface area contributed by atoms with Crippen molar-refractivity contribution in [3.8, 4) is 23.0 Å². The summed E-state index contributed by atoms with van der Waals surface area (Å²) in [5.41, 5.74) is 14.5. The van der Waals surface area contributed by atoms with E-state index in [1.165, 1.54) is 15.9 Å². The van der Waals surface area contributed by atoms with Crippen molar-refractivity contribution in [2.24, 2.45) is 5.73 Å². The van der Waals surface area contributed by atoms with Gasteiger partial charge in [-0.25, -0.2) is 5.43 Å². The van der Waals surface area contributed by atoms with E-state index in [1.54, 1.807) is 36.6 Å². The maximum atomic E-state index is 11.7. The highest BCUT2D eigenvalue weighted by Gasteiger charge is 2.11. The third-order valence-corrected chi connectivity index (χ3v) is 8.60. The Morgan fingerprint density at radius 1 is 0.740 bits per heavy atom. The minimum atomic E-state index is -0.470. The molecule has 0 heterocycles. The monoisotopic (exact) mass is 715 g/mol. The summed E-state index contributed by atoms with van der Waals surface area (Å²) in [7, 11) is 9.78. The van der Waals surface area contributed by atoms with Gasteiger partial charge in [-0.1, -0.05) is 24.3 Å². The average molecular weight is 716 g/mol. The number of thioether (sulfide) groups is 2. The zero-order chi connectivity index (χ0) is 36.5. The average Bonchev–Trinajstić information content (AvgIpc) is 3.09. The van der Waals surface area contributed by atoms with Gasteiger partial charge >= 0.3 is 0 Å². The number of ether oxygens (including phenoxy) is 2. The lowest BCUT2D eigenvalue weighted by atomic mass is 10.1. The van der Waals surface area contributed by atoms with Gasteiger partial charge in [0.2, 0.25) is 11.8 Å². The molecule has 0 saturated heterocycles. The van der Waals surface area contributed by atoms with Gasteiger partial charge in [-0.15, -0.1) is 23.5 Å². The fourth-order valence-corrected chi connectivity index (χ4v) is 5.56. The molecule has 0 spiro atoms. The molecule has 0 aromatic heterocycles. The van der Waals surface area contributed by atoms with Gasteiger partial charge in [0.05, 0.1) is 0 Å². The summed E-state index contributed by atoms with van der Waals surface area (Å²) in [5, 5.41) is 0. The van der Waals surface area contributed by atoms with Crippen LogP contribution in [0.2, 0.25) is 0 Å². The summed E-state index contributed by atoms with van der Waals surface area (Å²) in [4.78, 5) is 29.2. The number of nitrogens with zero attached hydrogens (tertiary/aromatic N) is 2. The molecule has 0 fully saturated rings. The quantitative estimate of drug-likeness (QED) is 0.0630. The number of carbonyl (C=O) groups is 2. The van der Waals surface area contributed by atoms with Crippen LogP contribution in [0.25, 0.3) is 6.08 Å². The summed E-state index contributed by atoms with van der Waals surface area (Å²) in [5.74, 6) is 2.70. The first-order valence-corrected chi connectivity index (χ1v) is 18.6. The van der Waals surface area contributed by atoms with Crippen molar-refractivity contribution in [1.82, 2.24) is 20.7 Å². The smallest absolute Gasteiger partial charge is 0.241 e. The molecule has 266 valence electrons. The van der Waals surface area contributed by atoms with Gasteiger partial charge in [-0.2, -0.15) is 0 Å². The molecule has 4 N–H and O–H groups in total. The molecule has 50 heavy (non-hydrogen) atoms. The highest BCUT2D eigenvalue weighted by molar-refractivity contribution is 7.98. The van der Waals surface area contributed by atoms with Crippen LogP contribution < -0.4 is 26.1 Å². The second kappa shape index (κ2) is 21.1. The maximum Gasteiger partial charge on any atom is 0.241 e. The van der Waals surface area contributed by atoms with E-state index in [0.29, 0.717) is 12.8 Å². The first-order chi connectivity index (χ1) is 24.0. The van der Waals surface area contributed by atoms with Crippen LogP contribution in [0.1, 0.15) is 28.7 Å². The molecule has 0 radical (unpaired) electrons. The van der Waals surface area contributed by atoms with Crippen LogP contribution in [0.15, 0.2) is 101 Å². The van der Waals surface area contributed by atoms with Crippen LogP contribution in [0.5, 0.6) is 23.0 Å². The third-order valence-electron chi connectivity index (χ3n) is 7.12. The number of nitrogens with one attached hydrogen (secondary N) is 2. The van der Waals surface area contributed by atoms with Crippen molar-refractivity contribution in [3.63, 3.8) is 0 Å². The van der Waals surface area contributed by atoms with Crippen molar-refractivity contribution in [2.75, 3.05) is 47.7 Å². The first-order valence-electron chi connectivity index (χ1n) is 16.1. The third kappa shape index (κ3) is 14.3. The lowest BCUT2D eigenvalue weighted by Crippen LogP contribution is -2.34. The lowest BCUT2D eigenvalue weighted by Gasteiger charge is -2.16. The molecule has 0 aliphatic rings. The van der Waals surface area contributed by atoms with Gasteiger partial charge in [0.25, 0.3) is 0 Å². The minimum Gasteiger partial charge on any atom is -0.457 e. The number of carbonyl (C=O) groups excluding carboxylic acids is 2. The van der Waals surface area contributed by atoms with Crippen molar-refractivity contribution < 1.29 is 19.1 Å². The second-order valence-corrected chi connectivity index (χ2v) is 13.6. The first kappa shape index (κ1) is 40.2. The zero-order valence-corrected chi connectivity index (χ0v) is 31.6. The Balaban J connectivity index is 0.000000271. The zero-order valence-electron chi connectivity index (χ0n) is 30.0. The van der Waals surface area contributed by atoms with E-state index in [-0.39, 0.29) is 5.91 Å². The topological polar surface area (TPSA) is 109 Å². The Morgan fingerprint density at radius 3 is 1.70 bits per heavy atom. The Kier molecular flexibility index (Phi) is 16.9. The van der Waals surface area contributed by atoms with Crippen molar-refractivity contribution in [1.29, 1.82) is 0 Å². The summed E-state index contributed by atoms with van der Waals surface area (Å²) in [6.45, 7) is 1.55. The van der Waals surface area contributed by atoms with E-state index in [2.05, 4.69) is 51.2 Å². The molecule has 0 bridgehead atoms. The van der Waals surface area contributed by atoms with Gasteiger partial charge < -0.3 is 25.0 Å². The number of rotatable bonds is 16. The predicted molar refractivity (Wildman–Crippen MR) is 208 cm³/mol. The van der Waals surface area contributed by atoms with E-state index in [4.69, 9.17) is 15.2 Å². The summed E-state index contributed by atoms with van der Waals surface area (Å²) < 4.78 is 12.2. The van der Waals surface area contributed by atoms with Crippen molar-refractivity contribution in [3.05, 3.63) is 113 Å². The Hall–Kier alpha value is -4.26. The number of hydrazine groups is 1. The predicted octanol–water partition coefficient (Wildman–Crippen LogP) is 7.21. The van der Waals surface area contributed by atoms with Gasteiger partial charge in [0.1, 0.15) is 23.0 Å².